The first kappa shape index (κ1) is 18.5. The van der Waals surface area contributed by atoms with Crippen LogP contribution in [0.15, 0.2) is 10.7 Å². The zero-order chi connectivity index (χ0) is 17.5. The summed E-state index contributed by atoms with van der Waals surface area (Å²) in [6.45, 7) is 5.27. The van der Waals surface area contributed by atoms with Crippen molar-refractivity contribution in [2.75, 3.05) is 13.7 Å². The van der Waals surface area contributed by atoms with E-state index < -0.39 is 5.97 Å². The number of methoxy groups -OCH3 is 1. The first-order valence-corrected chi connectivity index (χ1v) is 8.82. The summed E-state index contributed by atoms with van der Waals surface area (Å²) in [6.07, 6.45) is 7.62. The molecule has 0 atom stereocenters. The Morgan fingerprint density at radius 1 is 1.33 bits per heavy atom. The first-order valence-electron chi connectivity index (χ1n) is 8.82. The Morgan fingerprint density at radius 2 is 2.04 bits per heavy atom. The molecule has 6 heteroatoms. The highest BCUT2D eigenvalue weighted by Crippen LogP contribution is 2.26. The number of aromatic nitrogens is 1. The van der Waals surface area contributed by atoms with Crippen molar-refractivity contribution in [2.45, 2.75) is 58.9 Å². The number of carbonyl (C=O) groups excluding carboxylic acids is 2. The van der Waals surface area contributed by atoms with Gasteiger partial charge in [0.2, 0.25) is 11.8 Å². The third-order valence-electron chi connectivity index (χ3n) is 4.51. The fourth-order valence-corrected chi connectivity index (χ4v) is 3.03. The van der Waals surface area contributed by atoms with Gasteiger partial charge in [-0.3, -0.25) is 4.79 Å². The third-order valence-corrected chi connectivity index (χ3v) is 4.51. The van der Waals surface area contributed by atoms with E-state index in [1.54, 1.807) is 0 Å². The van der Waals surface area contributed by atoms with E-state index in [1.165, 1.54) is 19.8 Å². The van der Waals surface area contributed by atoms with Crippen molar-refractivity contribution in [3.05, 3.63) is 17.8 Å². The molecule has 0 radical (unpaired) electrons. The Hall–Kier alpha value is -1.85. The molecular weight excluding hydrogens is 308 g/mol. The van der Waals surface area contributed by atoms with Crippen LogP contribution in [0.25, 0.3) is 0 Å². The summed E-state index contributed by atoms with van der Waals surface area (Å²) in [5, 5.41) is 0. The molecule has 0 unspecified atom stereocenters. The van der Waals surface area contributed by atoms with E-state index in [0.29, 0.717) is 24.9 Å². The van der Waals surface area contributed by atoms with Crippen LogP contribution in [0.2, 0.25) is 0 Å². The second kappa shape index (κ2) is 8.85. The van der Waals surface area contributed by atoms with Gasteiger partial charge in [0, 0.05) is 12.5 Å². The number of carbonyl (C=O) groups is 2. The quantitative estimate of drug-likeness (QED) is 0.713. The Bertz CT molecular complexity index is 547. The fourth-order valence-electron chi connectivity index (χ4n) is 3.03. The Morgan fingerprint density at radius 3 is 2.67 bits per heavy atom. The summed E-state index contributed by atoms with van der Waals surface area (Å²) >= 11 is 0. The predicted octanol–water partition coefficient (Wildman–Crippen LogP) is 3.42. The molecule has 1 aromatic heterocycles. The minimum Gasteiger partial charge on any atom is -0.464 e. The summed E-state index contributed by atoms with van der Waals surface area (Å²) in [5.74, 6) is 0.664. The lowest BCUT2D eigenvalue weighted by molar-refractivity contribution is -0.137. The van der Waals surface area contributed by atoms with Gasteiger partial charge < -0.3 is 14.1 Å². The summed E-state index contributed by atoms with van der Waals surface area (Å²) in [6, 6.07) is 0. The Balaban J connectivity index is 2.05. The Kier molecular flexibility index (Phi) is 6.82. The molecule has 1 saturated carbocycles. The van der Waals surface area contributed by atoms with Gasteiger partial charge in [0.15, 0.2) is 5.69 Å². The first-order chi connectivity index (χ1) is 11.5. The topological polar surface area (TPSA) is 72.6 Å². The summed E-state index contributed by atoms with van der Waals surface area (Å²) in [5.41, 5.74) is 0.140. The van der Waals surface area contributed by atoms with Crippen molar-refractivity contribution >= 4 is 11.9 Å². The van der Waals surface area contributed by atoms with E-state index >= 15 is 0 Å². The molecule has 0 aromatic carbocycles. The summed E-state index contributed by atoms with van der Waals surface area (Å²) < 4.78 is 9.99. The Labute approximate surface area is 143 Å². The van der Waals surface area contributed by atoms with Gasteiger partial charge in [-0.15, -0.1) is 0 Å². The van der Waals surface area contributed by atoms with Crippen LogP contribution in [0, 0.1) is 11.8 Å². The number of hydrogen-bond donors (Lipinski definition) is 0. The van der Waals surface area contributed by atoms with Gasteiger partial charge in [0.05, 0.1) is 13.7 Å². The van der Waals surface area contributed by atoms with Gasteiger partial charge in [-0.1, -0.05) is 33.1 Å². The van der Waals surface area contributed by atoms with Crippen molar-refractivity contribution in [2.24, 2.45) is 11.8 Å². The highest BCUT2D eigenvalue weighted by atomic mass is 16.5. The number of ether oxygens (including phenoxy) is 1. The molecule has 0 N–H and O–H groups in total. The average molecular weight is 336 g/mol. The lowest BCUT2D eigenvalue weighted by Gasteiger charge is -2.29. The minimum absolute atomic E-state index is 0.112. The van der Waals surface area contributed by atoms with Gasteiger partial charge in [0.25, 0.3) is 0 Å². The largest absolute Gasteiger partial charge is 0.464 e. The number of nitrogens with zero attached hydrogens (tertiary/aromatic N) is 2. The highest BCUT2D eigenvalue weighted by molar-refractivity contribution is 5.86. The maximum Gasteiger partial charge on any atom is 0.360 e. The summed E-state index contributed by atoms with van der Waals surface area (Å²) in [4.78, 5) is 30.3. The number of amides is 1. The molecule has 0 bridgehead atoms. The standard InChI is InChI=1S/C18H28N2O4/c1-13(2)9-10-20(17(21)14-7-5-4-6-8-14)11-16-19-15(12-24-16)18(22)23-3/h12-14H,4-11H2,1-3H3. The lowest BCUT2D eigenvalue weighted by Crippen LogP contribution is -2.37. The van der Waals surface area contributed by atoms with Crippen molar-refractivity contribution in [1.29, 1.82) is 0 Å². The van der Waals surface area contributed by atoms with Gasteiger partial charge in [0.1, 0.15) is 6.26 Å². The predicted molar refractivity (Wildman–Crippen MR) is 89.3 cm³/mol. The van der Waals surface area contributed by atoms with Crippen molar-refractivity contribution < 1.29 is 18.7 Å². The fraction of sp³-hybridized carbons (Fsp3) is 0.722. The second-order valence-electron chi connectivity index (χ2n) is 6.90. The third kappa shape index (κ3) is 5.08. The molecular formula is C18H28N2O4. The van der Waals surface area contributed by atoms with Crippen LogP contribution in [-0.2, 0) is 16.1 Å². The van der Waals surface area contributed by atoms with Crippen LogP contribution in [0.5, 0.6) is 0 Å². The monoisotopic (exact) mass is 336 g/mol. The maximum atomic E-state index is 12.9. The van der Waals surface area contributed by atoms with E-state index in [2.05, 4.69) is 23.6 Å². The molecule has 1 heterocycles. The molecule has 1 aromatic rings. The molecule has 6 nitrogen and oxygen atoms in total. The van der Waals surface area contributed by atoms with Crippen LogP contribution in [0.1, 0.15) is 68.8 Å². The van der Waals surface area contributed by atoms with Crippen LogP contribution < -0.4 is 0 Å². The molecule has 0 spiro atoms. The molecule has 1 aliphatic rings. The second-order valence-corrected chi connectivity index (χ2v) is 6.90. The molecule has 1 fully saturated rings. The van der Waals surface area contributed by atoms with Crippen LogP contribution in [-0.4, -0.2) is 35.4 Å². The number of esters is 1. The molecule has 0 aliphatic heterocycles. The van der Waals surface area contributed by atoms with Crippen molar-refractivity contribution in [3.8, 4) is 0 Å². The molecule has 0 saturated heterocycles. The minimum atomic E-state index is -0.530. The average Bonchev–Trinajstić information content (AvgIpc) is 3.06. The zero-order valence-corrected chi connectivity index (χ0v) is 14.9. The number of hydrogen-bond acceptors (Lipinski definition) is 5. The SMILES string of the molecule is COC(=O)c1coc(CN(CCC(C)C)C(=O)C2CCCCC2)n1. The van der Waals surface area contributed by atoms with Crippen LogP contribution >= 0.6 is 0 Å². The van der Waals surface area contributed by atoms with E-state index in [-0.39, 0.29) is 17.5 Å². The van der Waals surface area contributed by atoms with Gasteiger partial charge in [-0.25, -0.2) is 9.78 Å². The van der Waals surface area contributed by atoms with Gasteiger partial charge in [-0.05, 0) is 25.2 Å². The molecule has 134 valence electrons. The molecule has 2 rings (SSSR count). The maximum absolute atomic E-state index is 12.9. The van der Waals surface area contributed by atoms with E-state index in [1.807, 2.05) is 4.90 Å². The normalized spacial score (nSPS) is 15.5. The number of rotatable bonds is 7. The van der Waals surface area contributed by atoms with Crippen molar-refractivity contribution in [1.82, 2.24) is 9.88 Å². The highest BCUT2D eigenvalue weighted by Gasteiger charge is 2.27. The lowest BCUT2D eigenvalue weighted by atomic mass is 9.88. The smallest absolute Gasteiger partial charge is 0.360 e. The summed E-state index contributed by atoms with van der Waals surface area (Å²) in [7, 11) is 1.30. The van der Waals surface area contributed by atoms with E-state index in [0.717, 1.165) is 32.1 Å². The van der Waals surface area contributed by atoms with Crippen molar-refractivity contribution in [3.63, 3.8) is 0 Å². The molecule has 24 heavy (non-hydrogen) atoms. The van der Waals surface area contributed by atoms with Crippen LogP contribution in [0.4, 0.5) is 0 Å². The van der Waals surface area contributed by atoms with Crippen LogP contribution in [0.3, 0.4) is 0 Å². The molecule has 1 aliphatic carbocycles. The zero-order valence-electron chi connectivity index (χ0n) is 14.9. The molecule has 1 amide bonds. The van der Waals surface area contributed by atoms with Gasteiger partial charge >= 0.3 is 5.97 Å². The van der Waals surface area contributed by atoms with E-state index in [4.69, 9.17) is 4.42 Å². The van der Waals surface area contributed by atoms with E-state index in [9.17, 15) is 9.59 Å². The number of oxazole rings is 1. The van der Waals surface area contributed by atoms with Gasteiger partial charge in [-0.2, -0.15) is 0 Å².